The fourth-order valence-electron chi connectivity index (χ4n) is 2.47. The van der Waals surface area contributed by atoms with Crippen molar-refractivity contribution in [2.24, 2.45) is 5.92 Å². The first-order valence-corrected chi connectivity index (χ1v) is 7.58. The van der Waals surface area contributed by atoms with Gasteiger partial charge in [0.25, 0.3) is 0 Å². The molecule has 1 aliphatic rings. The van der Waals surface area contributed by atoms with Crippen LogP contribution in [0.15, 0.2) is 24.3 Å². The first-order valence-electron chi connectivity index (χ1n) is 7.58. The zero-order valence-electron chi connectivity index (χ0n) is 13.1. The number of benzene rings is 1. The number of ketones is 2. The average Bonchev–Trinajstić information content (AvgIpc) is 2.48. The van der Waals surface area contributed by atoms with Crippen molar-refractivity contribution in [2.45, 2.75) is 20.8 Å². The van der Waals surface area contributed by atoms with E-state index in [1.807, 2.05) is 38.1 Å². The average molecular weight is 288 g/mol. The van der Waals surface area contributed by atoms with Crippen molar-refractivity contribution in [2.75, 3.05) is 37.6 Å². The molecule has 0 unspecified atom stereocenters. The number of hydrogen-bond acceptors (Lipinski definition) is 4. The number of anilines is 1. The number of Topliss-reactive ketones (excluding diaryl/α,β-unsaturated/α-hetero) is 2. The van der Waals surface area contributed by atoms with Crippen LogP contribution in [0.4, 0.5) is 5.69 Å². The summed E-state index contributed by atoms with van der Waals surface area (Å²) >= 11 is 0. The third-order valence-corrected chi connectivity index (χ3v) is 4.03. The molecule has 0 spiro atoms. The monoisotopic (exact) mass is 288 g/mol. The fourth-order valence-corrected chi connectivity index (χ4v) is 2.47. The van der Waals surface area contributed by atoms with Gasteiger partial charge in [-0.3, -0.25) is 14.5 Å². The first-order chi connectivity index (χ1) is 9.97. The minimum atomic E-state index is 0.0959. The Hall–Kier alpha value is -1.68. The van der Waals surface area contributed by atoms with E-state index in [1.165, 1.54) is 0 Å². The summed E-state index contributed by atoms with van der Waals surface area (Å²) < 4.78 is 0. The van der Waals surface area contributed by atoms with Crippen molar-refractivity contribution >= 4 is 17.3 Å². The number of carbonyl (C=O) groups is 2. The molecule has 1 heterocycles. The van der Waals surface area contributed by atoms with Gasteiger partial charge in [0.2, 0.25) is 0 Å². The summed E-state index contributed by atoms with van der Waals surface area (Å²) in [6.45, 7) is 9.72. The number of piperazine rings is 1. The Bertz CT molecular complexity index is 500. The number of rotatable bonds is 5. The second kappa shape index (κ2) is 6.85. The molecule has 0 N–H and O–H groups in total. The molecule has 4 heteroatoms. The van der Waals surface area contributed by atoms with Crippen LogP contribution in [0.2, 0.25) is 0 Å². The highest BCUT2D eigenvalue weighted by atomic mass is 16.1. The second-order valence-electron chi connectivity index (χ2n) is 5.99. The van der Waals surface area contributed by atoms with E-state index in [1.54, 1.807) is 6.92 Å². The van der Waals surface area contributed by atoms with E-state index in [-0.39, 0.29) is 11.7 Å². The summed E-state index contributed by atoms with van der Waals surface area (Å²) in [4.78, 5) is 27.6. The molecule has 1 saturated heterocycles. The molecule has 4 nitrogen and oxygen atoms in total. The van der Waals surface area contributed by atoms with Gasteiger partial charge in [-0.15, -0.1) is 0 Å². The van der Waals surface area contributed by atoms with Crippen molar-refractivity contribution in [3.63, 3.8) is 0 Å². The molecular weight excluding hydrogens is 264 g/mol. The van der Waals surface area contributed by atoms with E-state index in [2.05, 4.69) is 9.80 Å². The Morgan fingerprint density at radius 1 is 1.05 bits per heavy atom. The van der Waals surface area contributed by atoms with Crippen molar-refractivity contribution in [1.82, 2.24) is 4.90 Å². The second-order valence-corrected chi connectivity index (χ2v) is 5.99. The third kappa shape index (κ3) is 4.14. The summed E-state index contributed by atoms with van der Waals surface area (Å²) in [7, 11) is 0. The van der Waals surface area contributed by atoms with Crippen molar-refractivity contribution in [3.05, 3.63) is 29.8 Å². The van der Waals surface area contributed by atoms with E-state index in [0.29, 0.717) is 12.3 Å². The van der Waals surface area contributed by atoms with Gasteiger partial charge in [0, 0.05) is 43.3 Å². The zero-order valence-corrected chi connectivity index (χ0v) is 13.1. The van der Waals surface area contributed by atoms with E-state index < -0.39 is 0 Å². The van der Waals surface area contributed by atoms with Gasteiger partial charge in [-0.2, -0.15) is 0 Å². The number of hydrogen-bond donors (Lipinski definition) is 0. The Labute approximate surface area is 126 Å². The van der Waals surface area contributed by atoms with Gasteiger partial charge in [0.15, 0.2) is 5.78 Å². The molecule has 2 rings (SSSR count). The minimum Gasteiger partial charge on any atom is -0.369 e. The highest BCUT2D eigenvalue weighted by Crippen LogP contribution is 2.17. The van der Waals surface area contributed by atoms with E-state index >= 15 is 0 Å². The quantitative estimate of drug-likeness (QED) is 0.779. The first kappa shape index (κ1) is 15.7. The lowest BCUT2D eigenvalue weighted by atomic mass is 10.1. The van der Waals surface area contributed by atoms with Crippen molar-refractivity contribution in [3.8, 4) is 0 Å². The van der Waals surface area contributed by atoms with Crippen LogP contribution in [0, 0.1) is 5.92 Å². The van der Waals surface area contributed by atoms with Crippen LogP contribution in [-0.4, -0.2) is 49.2 Å². The third-order valence-electron chi connectivity index (χ3n) is 4.03. The molecule has 0 atom stereocenters. The molecule has 21 heavy (non-hydrogen) atoms. The largest absolute Gasteiger partial charge is 0.369 e. The molecule has 114 valence electrons. The summed E-state index contributed by atoms with van der Waals surface area (Å²) in [6.07, 6.45) is 0. The van der Waals surface area contributed by atoms with Gasteiger partial charge < -0.3 is 4.90 Å². The van der Waals surface area contributed by atoms with E-state index in [9.17, 15) is 9.59 Å². The Morgan fingerprint density at radius 2 is 1.62 bits per heavy atom. The van der Waals surface area contributed by atoms with Crippen LogP contribution in [-0.2, 0) is 4.79 Å². The standard InChI is InChI=1S/C17H24N2O2/c1-13(2)17(21)12-18-8-10-19(11-9-18)16-6-4-15(5-7-16)14(3)20/h4-7,13H,8-12H2,1-3H3. The number of carbonyl (C=O) groups excluding carboxylic acids is 2. The Morgan fingerprint density at radius 3 is 2.10 bits per heavy atom. The van der Waals surface area contributed by atoms with Crippen LogP contribution in [0.5, 0.6) is 0 Å². The summed E-state index contributed by atoms with van der Waals surface area (Å²) in [6, 6.07) is 7.77. The van der Waals surface area contributed by atoms with Gasteiger partial charge in [0.1, 0.15) is 5.78 Å². The minimum absolute atomic E-state index is 0.0959. The van der Waals surface area contributed by atoms with Crippen LogP contribution in [0.1, 0.15) is 31.1 Å². The van der Waals surface area contributed by atoms with Crippen LogP contribution in [0.25, 0.3) is 0 Å². The molecule has 1 aliphatic heterocycles. The summed E-state index contributed by atoms with van der Waals surface area (Å²) in [5, 5.41) is 0. The molecule has 0 aliphatic carbocycles. The Balaban J connectivity index is 1.89. The maximum absolute atomic E-state index is 11.8. The summed E-state index contributed by atoms with van der Waals surface area (Å²) in [5.41, 5.74) is 1.90. The maximum Gasteiger partial charge on any atom is 0.159 e. The molecule has 1 aromatic rings. The van der Waals surface area contributed by atoms with Crippen LogP contribution < -0.4 is 4.90 Å². The predicted octanol–water partition coefficient (Wildman–Crippen LogP) is 2.24. The molecular formula is C17H24N2O2. The van der Waals surface area contributed by atoms with Crippen molar-refractivity contribution in [1.29, 1.82) is 0 Å². The molecule has 1 aromatic carbocycles. The van der Waals surface area contributed by atoms with Gasteiger partial charge >= 0.3 is 0 Å². The van der Waals surface area contributed by atoms with Gasteiger partial charge in [-0.25, -0.2) is 0 Å². The highest BCUT2D eigenvalue weighted by molar-refractivity contribution is 5.94. The lowest BCUT2D eigenvalue weighted by Gasteiger charge is -2.36. The van der Waals surface area contributed by atoms with E-state index in [4.69, 9.17) is 0 Å². The summed E-state index contributed by atoms with van der Waals surface area (Å²) in [5.74, 6) is 0.523. The lowest BCUT2D eigenvalue weighted by Crippen LogP contribution is -2.48. The van der Waals surface area contributed by atoms with Gasteiger partial charge in [-0.05, 0) is 31.2 Å². The SMILES string of the molecule is CC(=O)c1ccc(N2CCN(CC(=O)C(C)C)CC2)cc1. The lowest BCUT2D eigenvalue weighted by molar-refractivity contribution is -0.123. The fraction of sp³-hybridized carbons (Fsp3) is 0.529. The molecule has 0 bridgehead atoms. The van der Waals surface area contributed by atoms with E-state index in [0.717, 1.165) is 37.4 Å². The van der Waals surface area contributed by atoms with Crippen molar-refractivity contribution < 1.29 is 9.59 Å². The van der Waals surface area contributed by atoms with Crippen LogP contribution >= 0.6 is 0 Å². The molecule has 0 radical (unpaired) electrons. The normalized spacial score (nSPS) is 16.3. The van der Waals surface area contributed by atoms with Crippen LogP contribution in [0.3, 0.4) is 0 Å². The molecule has 0 aromatic heterocycles. The zero-order chi connectivity index (χ0) is 15.4. The molecule has 0 saturated carbocycles. The van der Waals surface area contributed by atoms with Gasteiger partial charge in [0.05, 0.1) is 6.54 Å². The number of nitrogens with zero attached hydrogens (tertiary/aromatic N) is 2. The topological polar surface area (TPSA) is 40.6 Å². The molecule has 1 fully saturated rings. The Kier molecular flexibility index (Phi) is 5.12. The predicted molar refractivity (Wildman–Crippen MR) is 84.9 cm³/mol. The maximum atomic E-state index is 11.8. The smallest absolute Gasteiger partial charge is 0.159 e. The van der Waals surface area contributed by atoms with Gasteiger partial charge in [-0.1, -0.05) is 13.8 Å². The highest BCUT2D eigenvalue weighted by Gasteiger charge is 2.20. The molecule has 0 amide bonds.